The highest BCUT2D eigenvalue weighted by atomic mass is 32.1. The number of nitrogens with zero attached hydrogens (tertiary/aromatic N) is 1. The molecule has 7 heteroatoms. The molecule has 1 fully saturated rings. The summed E-state index contributed by atoms with van der Waals surface area (Å²) in [6.45, 7) is 2.62. The number of rotatable bonds is 4. The molecule has 122 valence electrons. The van der Waals surface area contributed by atoms with E-state index in [1.54, 1.807) is 17.6 Å². The van der Waals surface area contributed by atoms with E-state index in [4.69, 9.17) is 0 Å². The molecular weight excluding hydrogens is 314 g/mol. The molecule has 0 saturated carbocycles. The van der Waals surface area contributed by atoms with E-state index in [0.717, 1.165) is 16.1 Å². The number of thiazole rings is 1. The van der Waals surface area contributed by atoms with Crippen molar-refractivity contribution in [2.75, 3.05) is 6.54 Å². The van der Waals surface area contributed by atoms with E-state index in [1.165, 1.54) is 11.3 Å². The van der Waals surface area contributed by atoms with Crippen LogP contribution in [0.1, 0.15) is 17.7 Å². The monoisotopic (exact) mass is 333 g/mol. The number of aliphatic hydroxyl groups is 1. The Balaban J connectivity index is 1.65. The lowest BCUT2D eigenvalue weighted by molar-refractivity contribution is -0.123. The molecular formula is C16H19N3O3S. The van der Waals surface area contributed by atoms with Crippen LogP contribution in [0, 0.1) is 6.92 Å². The van der Waals surface area contributed by atoms with Crippen molar-refractivity contribution in [3.05, 3.63) is 35.0 Å². The topological polar surface area (TPSA) is 94.5 Å². The van der Waals surface area contributed by atoms with Crippen molar-refractivity contribution < 1.29 is 15.0 Å². The van der Waals surface area contributed by atoms with Crippen LogP contribution in [0.2, 0.25) is 0 Å². The van der Waals surface area contributed by atoms with Gasteiger partial charge in [0.2, 0.25) is 5.91 Å². The number of aryl methyl sites for hydroxylation is 1. The van der Waals surface area contributed by atoms with Gasteiger partial charge in [-0.05, 0) is 25.0 Å². The summed E-state index contributed by atoms with van der Waals surface area (Å²) >= 11 is 1.53. The van der Waals surface area contributed by atoms with Crippen LogP contribution >= 0.6 is 11.3 Å². The SMILES string of the molecule is Cc1ncsc1-c1ccc(CNC(=O)C2CC(O)CN2)c(O)c1. The maximum absolute atomic E-state index is 12.0. The standard InChI is InChI=1S/C16H19N3O3S/c1-9-15(23-8-19-9)10-2-3-11(14(21)4-10)6-18-16(22)13-5-12(20)7-17-13/h2-4,8,12-13,17,20-21H,5-7H2,1H3,(H,18,22). The molecule has 6 nitrogen and oxygen atoms in total. The Labute approximate surface area is 138 Å². The van der Waals surface area contributed by atoms with Gasteiger partial charge in [-0.15, -0.1) is 11.3 Å². The number of carbonyl (C=O) groups excluding carboxylic acids is 1. The quantitative estimate of drug-likeness (QED) is 0.674. The zero-order valence-electron chi connectivity index (χ0n) is 12.7. The summed E-state index contributed by atoms with van der Waals surface area (Å²) in [5.74, 6) is -0.0154. The predicted octanol–water partition coefficient (Wildman–Crippen LogP) is 1.16. The minimum atomic E-state index is -0.471. The average molecular weight is 333 g/mol. The summed E-state index contributed by atoms with van der Waals surface area (Å²) in [5.41, 5.74) is 4.28. The summed E-state index contributed by atoms with van der Waals surface area (Å²) in [5, 5.41) is 25.4. The van der Waals surface area contributed by atoms with Crippen molar-refractivity contribution >= 4 is 17.2 Å². The molecule has 0 spiro atoms. The summed E-state index contributed by atoms with van der Waals surface area (Å²) in [6.07, 6.45) is -0.0532. The summed E-state index contributed by atoms with van der Waals surface area (Å²) in [4.78, 5) is 17.2. The lowest BCUT2D eigenvalue weighted by Gasteiger charge is -2.12. The fraction of sp³-hybridized carbons (Fsp3) is 0.375. The zero-order chi connectivity index (χ0) is 16.4. The van der Waals surface area contributed by atoms with Gasteiger partial charge >= 0.3 is 0 Å². The maximum atomic E-state index is 12.0. The van der Waals surface area contributed by atoms with Crippen LogP contribution in [0.3, 0.4) is 0 Å². The van der Waals surface area contributed by atoms with Crippen molar-refractivity contribution in [2.45, 2.75) is 32.0 Å². The lowest BCUT2D eigenvalue weighted by Crippen LogP contribution is -2.40. The second-order valence-electron chi connectivity index (χ2n) is 5.68. The van der Waals surface area contributed by atoms with Crippen LogP contribution in [0.4, 0.5) is 0 Å². The molecule has 0 bridgehead atoms. The average Bonchev–Trinajstić information content (AvgIpc) is 3.14. The van der Waals surface area contributed by atoms with Gasteiger partial charge in [0.1, 0.15) is 5.75 Å². The second kappa shape index (κ2) is 6.66. The molecule has 0 radical (unpaired) electrons. The minimum absolute atomic E-state index is 0.148. The first-order chi connectivity index (χ1) is 11.0. The van der Waals surface area contributed by atoms with E-state index in [1.807, 2.05) is 13.0 Å². The van der Waals surface area contributed by atoms with Crippen molar-refractivity contribution in [1.29, 1.82) is 0 Å². The molecule has 1 aliphatic heterocycles. The van der Waals surface area contributed by atoms with Gasteiger partial charge in [-0.25, -0.2) is 4.98 Å². The number of aromatic hydroxyl groups is 1. The number of benzene rings is 1. The van der Waals surface area contributed by atoms with Crippen molar-refractivity contribution in [2.24, 2.45) is 0 Å². The molecule has 2 atom stereocenters. The Kier molecular flexibility index (Phi) is 4.61. The van der Waals surface area contributed by atoms with Gasteiger partial charge in [0, 0.05) is 18.7 Å². The fourth-order valence-electron chi connectivity index (χ4n) is 2.66. The molecule has 23 heavy (non-hydrogen) atoms. The Bertz CT molecular complexity index is 716. The van der Waals surface area contributed by atoms with Crippen LogP contribution in [-0.2, 0) is 11.3 Å². The number of phenols is 1. The molecule has 1 aromatic heterocycles. The Morgan fingerprint density at radius 1 is 1.52 bits per heavy atom. The highest BCUT2D eigenvalue weighted by Crippen LogP contribution is 2.31. The first kappa shape index (κ1) is 15.9. The van der Waals surface area contributed by atoms with Crippen LogP contribution in [0.15, 0.2) is 23.7 Å². The molecule has 3 rings (SSSR count). The van der Waals surface area contributed by atoms with Crippen molar-refractivity contribution in [3.63, 3.8) is 0 Å². The molecule has 2 aromatic rings. The number of amides is 1. The number of aliphatic hydroxyl groups excluding tert-OH is 1. The van der Waals surface area contributed by atoms with Gasteiger partial charge in [0.05, 0.1) is 28.2 Å². The summed E-state index contributed by atoms with van der Waals surface area (Å²) < 4.78 is 0. The first-order valence-electron chi connectivity index (χ1n) is 7.46. The van der Waals surface area contributed by atoms with Crippen molar-refractivity contribution in [1.82, 2.24) is 15.6 Å². The summed E-state index contributed by atoms with van der Waals surface area (Å²) in [6, 6.07) is 5.05. The van der Waals surface area contributed by atoms with E-state index < -0.39 is 6.10 Å². The Morgan fingerprint density at radius 3 is 2.96 bits per heavy atom. The number of carbonyl (C=O) groups is 1. The van der Waals surface area contributed by atoms with Crippen LogP contribution in [0.5, 0.6) is 5.75 Å². The van der Waals surface area contributed by atoms with Gasteiger partial charge in [-0.3, -0.25) is 4.79 Å². The smallest absolute Gasteiger partial charge is 0.237 e. The third kappa shape index (κ3) is 3.52. The van der Waals surface area contributed by atoms with Crippen LogP contribution < -0.4 is 10.6 Å². The Morgan fingerprint density at radius 2 is 2.35 bits per heavy atom. The van der Waals surface area contributed by atoms with E-state index in [9.17, 15) is 15.0 Å². The molecule has 1 amide bonds. The number of hydrogen-bond acceptors (Lipinski definition) is 6. The fourth-order valence-corrected chi connectivity index (χ4v) is 3.46. The third-order valence-electron chi connectivity index (χ3n) is 3.97. The predicted molar refractivity (Wildman–Crippen MR) is 88.2 cm³/mol. The van der Waals surface area contributed by atoms with Gasteiger partial charge in [-0.2, -0.15) is 0 Å². The third-order valence-corrected chi connectivity index (χ3v) is 4.95. The molecule has 2 heterocycles. The number of aromatic nitrogens is 1. The lowest BCUT2D eigenvalue weighted by atomic mass is 10.1. The maximum Gasteiger partial charge on any atom is 0.237 e. The second-order valence-corrected chi connectivity index (χ2v) is 6.53. The molecule has 1 saturated heterocycles. The molecule has 4 N–H and O–H groups in total. The van der Waals surface area contributed by atoms with Gasteiger partial charge in [0.15, 0.2) is 0 Å². The number of phenolic OH excluding ortho intramolecular Hbond substituents is 1. The van der Waals surface area contributed by atoms with Crippen LogP contribution in [0.25, 0.3) is 10.4 Å². The first-order valence-corrected chi connectivity index (χ1v) is 8.34. The zero-order valence-corrected chi connectivity index (χ0v) is 13.6. The minimum Gasteiger partial charge on any atom is -0.508 e. The number of hydrogen-bond donors (Lipinski definition) is 4. The highest BCUT2D eigenvalue weighted by molar-refractivity contribution is 7.13. The van der Waals surface area contributed by atoms with Gasteiger partial charge in [0.25, 0.3) is 0 Å². The highest BCUT2D eigenvalue weighted by Gasteiger charge is 2.27. The van der Waals surface area contributed by atoms with Gasteiger partial charge < -0.3 is 20.8 Å². The molecule has 1 aliphatic rings. The molecule has 1 aromatic carbocycles. The Hall–Kier alpha value is -1.96. The number of β-amino-alcohol motifs (C(OH)–C–C–N with tert-alkyl or cyclic N) is 1. The van der Waals surface area contributed by atoms with E-state index in [0.29, 0.717) is 18.5 Å². The van der Waals surface area contributed by atoms with Crippen molar-refractivity contribution in [3.8, 4) is 16.2 Å². The number of nitrogens with one attached hydrogen (secondary N) is 2. The van der Waals surface area contributed by atoms with E-state index >= 15 is 0 Å². The largest absolute Gasteiger partial charge is 0.508 e. The normalized spacial score (nSPS) is 20.6. The van der Waals surface area contributed by atoms with E-state index in [-0.39, 0.29) is 24.2 Å². The molecule has 2 unspecified atom stereocenters. The van der Waals surface area contributed by atoms with Crippen LogP contribution in [-0.4, -0.2) is 39.8 Å². The van der Waals surface area contributed by atoms with Gasteiger partial charge in [-0.1, -0.05) is 12.1 Å². The van der Waals surface area contributed by atoms with E-state index in [2.05, 4.69) is 15.6 Å². The molecule has 0 aliphatic carbocycles. The summed E-state index contributed by atoms with van der Waals surface area (Å²) in [7, 11) is 0.